The number of rotatable bonds is 2. The van der Waals surface area contributed by atoms with Crippen LogP contribution in [0.3, 0.4) is 0 Å². The fraction of sp³-hybridized carbons (Fsp3) is 0.500. The van der Waals surface area contributed by atoms with Crippen molar-refractivity contribution in [2.24, 2.45) is 7.05 Å². The van der Waals surface area contributed by atoms with E-state index in [-0.39, 0.29) is 12.0 Å². The van der Waals surface area contributed by atoms with E-state index in [1.165, 1.54) is 0 Å². The lowest BCUT2D eigenvalue weighted by Gasteiger charge is -2.17. The molecule has 92 valence electrons. The smallest absolute Gasteiger partial charge is 0.115 e. The predicted molar refractivity (Wildman–Crippen MR) is 70.2 cm³/mol. The van der Waals surface area contributed by atoms with Crippen molar-refractivity contribution < 1.29 is 5.11 Å². The van der Waals surface area contributed by atoms with Crippen LogP contribution in [0.15, 0.2) is 18.2 Å². The maximum Gasteiger partial charge on any atom is 0.115 e. The zero-order valence-corrected chi connectivity index (χ0v) is 11.0. The maximum atomic E-state index is 8.96. The Kier molecular flexibility index (Phi) is 2.96. The van der Waals surface area contributed by atoms with E-state index in [9.17, 15) is 0 Å². The molecule has 0 unspecified atom stereocenters. The largest absolute Gasteiger partial charge is 0.396 e. The quantitative estimate of drug-likeness (QED) is 0.863. The van der Waals surface area contributed by atoms with Crippen molar-refractivity contribution in [3.05, 3.63) is 29.6 Å². The molecule has 0 fully saturated rings. The van der Waals surface area contributed by atoms with Gasteiger partial charge in [-0.3, -0.25) is 0 Å². The lowest BCUT2D eigenvalue weighted by molar-refractivity contribution is 0.299. The minimum atomic E-state index is 0.0465. The summed E-state index contributed by atoms with van der Waals surface area (Å²) in [5, 5.41) is 8.96. The van der Waals surface area contributed by atoms with E-state index in [4.69, 9.17) is 10.1 Å². The van der Waals surface area contributed by atoms with Crippen LogP contribution in [0.2, 0.25) is 0 Å². The van der Waals surface area contributed by atoms with E-state index in [1.807, 2.05) is 0 Å². The number of benzene rings is 1. The van der Waals surface area contributed by atoms with Gasteiger partial charge in [-0.2, -0.15) is 0 Å². The molecule has 1 aromatic carbocycles. The highest BCUT2D eigenvalue weighted by Gasteiger charge is 2.21. The molecule has 0 aliphatic rings. The molecule has 0 amide bonds. The molecular weight excluding hydrogens is 212 g/mol. The molecule has 2 rings (SSSR count). The average Bonchev–Trinajstić information content (AvgIpc) is 2.56. The third-order valence-electron chi connectivity index (χ3n) is 3.02. The highest BCUT2D eigenvalue weighted by atomic mass is 16.2. The van der Waals surface area contributed by atoms with Gasteiger partial charge in [-0.1, -0.05) is 26.8 Å². The monoisotopic (exact) mass is 232 g/mol. The molecule has 1 N–H and O–H groups in total. The normalized spacial score (nSPS) is 12.3. The molecule has 0 atom stereocenters. The molecule has 1 heterocycles. The lowest BCUT2D eigenvalue weighted by Crippen LogP contribution is -2.17. The van der Waals surface area contributed by atoms with Gasteiger partial charge in [-0.05, 0) is 24.1 Å². The summed E-state index contributed by atoms with van der Waals surface area (Å²) in [5.41, 5.74) is 3.35. The number of aromatic nitrogens is 2. The molecular formula is C14H20N2O. The number of aliphatic hydroxyl groups excluding tert-OH is 1. The van der Waals surface area contributed by atoms with Crippen LogP contribution in [0.25, 0.3) is 11.0 Å². The van der Waals surface area contributed by atoms with Gasteiger partial charge in [-0.15, -0.1) is 0 Å². The maximum absolute atomic E-state index is 8.96. The van der Waals surface area contributed by atoms with E-state index < -0.39 is 0 Å². The van der Waals surface area contributed by atoms with E-state index in [0.29, 0.717) is 6.42 Å². The fourth-order valence-corrected chi connectivity index (χ4v) is 2.20. The van der Waals surface area contributed by atoms with Crippen molar-refractivity contribution in [2.75, 3.05) is 6.61 Å². The van der Waals surface area contributed by atoms with Gasteiger partial charge >= 0.3 is 0 Å². The van der Waals surface area contributed by atoms with Gasteiger partial charge in [-0.25, -0.2) is 4.98 Å². The predicted octanol–water partition coefficient (Wildman–Crippen LogP) is 2.41. The molecule has 1 aromatic heterocycles. The summed E-state index contributed by atoms with van der Waals surface area (Å²) in [5.74, 6) is 1.09. The Hall–Kier alpha value is -1.35. The first-order valence-corrected chi connectivity index (χ1v) is 6.00. The Morgan fingerprint density at radius 2 is 2.00 bits per heavy atom. The van der Waals surface area contributed by atoms with E-state index in [0.717, 1.165) is 22.4 Å². The lowest BCUT2D eigenvalue weighted by atomic mass is 9.96. The third kappa shape index (κ3) is 2.20. The SMILES string of the molecule is Cn1c(C(C)(C)C)nc2cc(CCO)ccc21. The van der Waals surface area contributed by atoms with Crippen molar-refractivity contribution >= 4 is 11.0 Å². The molecule has 2 aromatic rings. The van der Waals surface area contributed by atoms with Crippen LogP contribution in [-0.4, -0.2) is 21.3 Å². The van der Waals surface area contributed by atoms with Gasteiger partial charge in [0.1, 0.15) is 5.82 Å². The number of hydrogen-bond donors (Lipinski definition) is 1. The van der Waals surface area contributed by atoms with Crippen molar-refractivity contribution in [2.45, 2.75) is 32.6 Å². The molecule has 0 saturated carbocycles. The van der Waals surface area contributed by atoms with Crippen LogP contribution in [-0.2, 0) is 18.9 Å². The first kappa shape index (κ1) is 12.1. The van der Waals surface area contributed by atoms with E-state index >= 15 is 0 Å². The van der Waals surface area contributed by atoms with Gasteiger partial charge in [0, 0.05) is 19.1 Å². The molecule has 3 nitrogen and oxygen atoms in total. The second-order valence-corrected chi connectivity index (χ2v) is 5.54. The second kappa shape index (κ2) is 4.15. The van der Waals surface area contributed by atoms with Crippen LogP contribution in [0, 0.1) is 0 Å². The molecule has 17 heavy (non-hydrogen) atoms. The molecule has 3 heteroatoms. The Bertz CT molecular complexity index is 535. The molecule has 0 spiro atoms. The average molecular weight is 232 g/mol. The van der Waals surface area contributed by atoms with Crippen LogP contribution in [0.5, 0.6) is 0 Å². The van der Waals surface area contributed by atoms with Gasteiger partial charge in [0.2, 0.25) is 0 Å². The Labute approximate surface area is 102 Å². The van der Waals surface area contributed by atoms with Crippen molar-refractivity contribution in [3.63, 3.8) is 0 Å². The van der Waals surface area contributed by atoms with Crippen molar-refractivity contribution in [3.8, 4) is 0 Å². The van der Waals surface area contributed by atoms with Gasteiger partial charge in [0.05, 0.1) is 11.0 Å². The van der Waals surface area contributed by atoms with Crippen LogP contribution >= 0.6 is 0 Å². The number of aliphatic hydroxyl groups is 1. The summed E-state index contributed by atoms with van der Waals surface area (Å²) in [6.45, 7) is 6.69. The third-order valence-corrected chi connectivity index (χ3v) is 3.02. The summed E-state index contributed by atoms with van der Waals surface area (Å²) in [6.07, 6.45) is 0.692. The summed E-state index contributed by atoms with van der Waals surface area (Å²) in [6, 6.07) is 6.22. The second-order valence-electron chi connectivity index (χ2n) is 5.54. The summed E-state index contributed by atoms with van der Waals surface area (Å²) in [4.78, 5) is 4.71. The first-order valence-electron chi connectivity index (χ1n) is 6.00. The zero-order chi connectivity index (χ0) is 12.6. The molecule has 0 bridgehead atoms. The van der Waals surface area contributed by atoms with E-state index in [1.54, 1.807) is 0 Å². The summed E-state index contributed by atoms with van der Waals surface area (Å²) in [7, 11) is 2.06. The van der Waals surface area contributed by atoms with Crippen LogP contribution < -0.4 is 0 Å². The number of hydrogen-bond acceptors (Lipinski definition) is 2. The molecule has 0 saturated heterocycles. The van der Waals surface area contributed by atoms with E-state index in [2.05, 4.69) is 50.6 Å². The standard InChI is InChI=1S/C14H20N2O/c1-14(2,3)13-15-11-9-10(7-8-17)5-6-12(11)16(13)4/h5-6,9,17H,7-8H2,1-4H3. The molecule has 0 aliphatic carbocycles. The number of imidazole rings is 1. The highest BCUT2D eigenvalue weighted by Crippen LogP contribution is 2.25. The first-order chi connectivity index (χ1) is 7.93. The topological polar surface area (TPSA) is 38.0 Å². The number of fused-ring (bicyclic) bond motifs is 1. The van der Waals surface area contributed by atoms with Crippen molar-refractivity contribution in [1.82, 2.24) is 9.55 Å². The van der Waals surface area contributed by atoms with Gasteiger partial charge in [0.15, 0.2) is 0 Å². The van der Waals surface area contributed by atoms with Crippen LogP contribution in [0.1, 0.15) is 32.2 Å². The minimum absolute atomic E-state index is 0.0465. The Morgan fingerprint density at radius 3 is 2.59 bits per heavy atom. The van der Waals surface area contributed by atoms with Gasteiger partial charge in [0.25, 0.3) is 0 Å². The van der Waals surface area contributed by atoms with Gasteiger partial charge < -0.3 is 9.67 Å². The number of aryl methyl sites for hydroxylation is 1. The minimum Gasteiger partial charge on any atom is -0.396 e. The number of nitrogens with zero attached hydrogens (tertiary/aromatic N) is 2. The molecule has 0 radical (unpaired) electrons. The van der Waals surface area contributed by atoms with Crippen LogP contribution in [0.4, 0.5) is 0 Å². The summed E-state index contributed by atoms with van der Waals surface area (Å²) < 4.78 is 2.15. The van der Waals surface area contributed by atoms with Crippen molar-refractivity contribution in [1.29, 1.82) is 0 Å². The molecule has 0 aliphatic heterocycles. The summed E-state index contributed by atoms with van der Waals surface area (Å²) >= 11 is 0. The Morgan fingerprint density at radius 1 is 1.29 bits per heavy atom. The Balaban J connectivity index is 2.57. The highest BCUT2D eigenvalue weighted by molar-refractivity contribution is 5.77. The zero-order valence-electron chi connectivity index (χ0n) is 11.0. The fourth-order valence-electron chi connectivity index (χ4n) is 2.20.